The van der Waals surface area contributed by atoms with Crippen molar-refractivity contribution in [3.05, 3.63) is 53.3 Å². The molecule has 2 aromatic rings. The molecule has 0 bridgehead atoms. The van der Waals surface area contributed by atoms with Crippen LogP contribution in [-0.2, 0) is 0 Å². The lowest BCUT2D eigenvalue weighted by atomic mass is 10.3. The second-order valence-corrected chi connectivity index (χ2v) is 7.00. The van der Waals surface area contributed by atoms with E-state index in [2.05, 4.69) is 65.7 Å². The third-order valence-corrected chi connectivity index (χ3v) is 4.77. The molecule has 0 spiro atoms. The molecular formula is C19H24BrN5O. The zero-order valence-corrected chi connectivity index (χ0v) is 16.4. The van der Waals surface area contributed by atoms with Gasteiger partial charge in [0.15, 0.2) is 5.96 Å². The third-order valence-electron chi connectivity index (χ3n) is 4.24. The van der Waals surface area contributed by atoms with Gasteiger partial charge in [-0.1, -0.05) is 15.9 Å². The first-order valence-electron chi connectivity index (χ1n) is 8.75. The second kappa shape index (κ2) is 9.43. The number of nitrogens with zero attached hydrogens (tertiary/aromatic N) is 3. The van der Waals surface area contributed by atoms with E-state index >= 15 is 0 Å². The van der Waals surface area contributed by atoms with E-state index < -0.39 is 0 Å². The SMILES string of the molecule is CN=C(NCCOc1cccnc1)NC1CCN(c2ccc(Br)cc2)C1. The van der Waals surface area contributed by atoms with Gasteiger partial charge in [-0.05, 0) is 42.8 Å². The summed E-state index contributed by atoms with van der Waals surface area (Å²) in [6.07, 6.45) is 4.53. The minimum Gasteiger partial charge on any atom is -0.490 e. The summed E-state index contributed by atoms with van der Waals surface area (Å²) in [6.45, 7) is 3.24. The van der Waals surface area contributed by atoms with E-state index in [-0.39, 0.29) is 0 Å². The Morgan fingerprint density at radius 3 is 2.92 bits per heavy atom. The predicted molar refractivity (Wildman–Crippen MR) is 109 cm³/mol. The average molecular weight is 418 g/mol. The summed E-state index contributed by atoms with van der Waals surface area (Å²) >= 11 is 3.48. The lowest BCUT2D eigenvalue weighted by Crippen LogP contribution is -2.45. The zero-order chi connectivity index (χ0) is 18.2. The Morgan fingerprint density at radius 2 is 2.19 bits per heavy atom. The monoisotopic (exact) mass is 417 g/mol. The Morgan fingerprint density at radius 1 is 1.35 bits per heavy atom. The molecule has 26 heavy (non-hydrogen) atoms. The molecule has 0 amide bonds. The number of aliphatic imine (C=N–C) groups is 1. The standard InChI is InChI=1S/C19H24BrN5O/c1-21-19(23-10-12-26-18-3-2-9-22-13-18)24-16-8-11-25(14-16)17-6-4-15(20)5-7-17/h2-7,9,13,16H,8,10-12,14H2,1H3,(H2,21,23,24). The summed E-state index contributed by atoms with van der Waals surface area (Å²) < 4.78 is 6.74. The van der Waals surface area contributed by atoms with E-state index in [1.54, 1.807) is 19.4 Å². The highest BCUT2D eigenvalue weighted by Crippen LogP contribution is 2.22. The average Bonchev–Trinajstić information content (AvgIpc) is 3.14. The third kappa shape index (κ3) is 5.36. The van der Waals surface area contributed by atoms with Crippen molar-refractivity contribution in [3.63, 3.8) is 0 Å². The highest BCUT2D eigenvalue weighted by Gasteiger charge is 2.23. The normalized spacial score (nSPS) is 17.2. The lowest BCUT2D eigenvalue weighted by molar-refractivity contribution is 0.320. The summed E-state index contributed by atoms with van der Waals surface area (Å²) in [7, 11) is 1.79. The lowest BCUT2D eigenvalue weighted by Gasteiger charge is -2.20. The fraction of sp³-hybridized carbons (Fsp3) is 0.368. The van der Waals surface area contributed by atoms with Crippen LogP contribution in [0.4, 0.5) is 5.69 Å². The van der Waals surface area contributed by atoms with Crippen molar-refractivity contribution in [2.75, 3.05) is 38.2 Å². The van der Waals surface area contributed by atoms with Crippen molar-refractivity contribution in [2.45, 2.75) is 12.5 Å². The van der Waals surface area contributed by atoms with E-state index in [1.165, 1.54) is 5.69 Å². The van der Waals surface area contributed by atoms with Crippen molar-refractivity contribution in [1.29, 1.82) is 0 Å². The molecule has 1 aromatic heterocycles. The fourth-order valence-corrected chi connectivity index (χ4v) is 3.19. The van der Waals surface area contributed by atoms with E-state index in [4.69, 9.17) is 4.74 Å². The fourth-order valence-electron chi connectivity index (χ4n) is 2.92. The number of halogens is 1. The van der Waals surface area contributed by atoms with E-state index in [0.29, 0.717) is 19.2 Å². The van der Waals surface area contributed by atoms with Gasteiger partial charge in [0, 0.05) is 42.5 Å². The summed E-state index contributed by atoms with van der Waals surface area (Å²) in [5.74, 6) is 1.58. The van der Waals surface area contributed by atoms with Gasteiger partial charge in [-0.25, -0.2) is 0 Å². The molecule has 138 valence electrons. The van der Waals surface area contributed by atoms with Gasteiger partial charge in [0.1, 0.15) is 12.4 Å². The molecule has 7 heteroatoms. The molecule has 1 aromatic carbocycles. The number of guanidine groups is 1. The van der Waals surface area contributed by atoms with Crippen LogP contribution in [0.15, 0.2) is 58.3 Å². The molecule has 1 aliphatic rings. The minimum atomic E-state index is 0.379. The number of hydrogen-bond acceptors (Lipinski definition) is 4. The zero-order valence-electron chi connectivity index (χ0n) is 14.9. The highest BCUT2D eigenvalue weighted by molar-refractivity contribution is 9.10. The number of nitrogens with one attached hydrogen (secondary N) is 2. The molecule has 3 rings (SSSR count). The minimum absolute atomic E-state index is 0.379. The Bertz CT molecular complexity index is 708. The smallest absolute Gasteiger partial charge is 0.191 e. The second-order valence-electron chi connectivity index (χ2n) is 6.09. The van der Waals surface area contributed by atoms with Gasteiger partial charge in [-0.2, -0.15) is 0 Å². The van der Waals surface area contributed by atoms with Crippen LogP contribution in [0.3, 0.4) is 0 Å². The van der Waals surface area contributed by atoms with Crippen molar-refractivity contribution in [2.24, 2.45) is 4.99 Å². The molecule has 1 atom stereocenters. The van der Waals surface area contributed by atoms with Gasteiger partial charge in [-0.15, -0.1) is 0 Å². The van der Waals surface area contributed by atoms with E-state index in [1.807, 2.05) is 12.1 Å². The number of pyridine rings is 1. The maximum atomic E-state index is 5.64. The molecular weight excluding hydrogens is 394 g/mol. The molecule has 1 saturated heterocycles. The first-order chi connectivity index (χ1) is 12.7. The Hall–Kier alpha value is -2.28. The van der Waals surface area contributed by atoms with Crippen molar-refractivity contribution in [3.8, 4) is 5.75 Å². The van der Waals surface area contributed by atoms with Gasteiger partial charge in [0.25, 0.3) is 0 Å². The number of benzene rings is 1. The number of ether oxygens (including phenoxy) is 1. The summed E-state index contributed by atoms with van der Waals surface area (Å²) in [4.78, 5) is 10.7. The molecule has 1 aliphatic heterocycles. The van der Waals surface area contributed by atoms with Crippen LogP contribution in [0.25, 0.3) is 0 Å². The molecule has 2 heterocycles. The molecule has 0 radical (unpaired) electrons. The Labute approximate surface area is 162 Å². The summed E-state index contributed by atoms with van der Waals surface area (Å²) in [5.41, 5.74) is 1.25. The van der Waals surface area contributed by atoms with E-state index in [9.17, 15) is 0 Å². The highest BCUT2D eigenvalue weighted by atomic mass is 79.9. The van der Waals surface area contributed by atoms with Gasteiger partial charge in [0.05, 0.1) is 12.7 Å². The summed E-state index contributed by atoms with van der Waals surface area (Å²) in [6, 6.07) is 12.6. The largest absolute Gasteiger partial charge is 0.490 e. The maximum Gasteiger partial charge on any atom is 0.191 e. The van der Waals surface area contributed by atoms with Crippen molar-refractivity contribution >= 4 is 27.6 Å². The number of rotatable bonds is 6. The van der Waals surface area contributed by atoms with E-state index in [0.717, 1.165) is 35.7 Å². The van der Waals surface area contributed by atoms with Crippen LogP contribution in [0.2, 0.25) is 0 Å². The first kappa shape index (κ1) is 18.5. The molecule has 2 N–H and O–H groups in total. The van der Waals surface area contributed by atoms with Gasteiger partial charge in [-0.3, -0.25) is 9.98 Å². The number of aromatic nitrogens is 1. The van der Waals surface area contributed by atoms with Crippen molar-refractivity contribution in [1.82, 2.24) is 15.6 Å². The summed E-state index contributed by atoms with van der Waals surface area (Å²) in [5, 5.41) is 6.79. The molecule has 1 fully saturated rings. The van der Waals surface area contributed by atoms with Crippen LogP contribution < -0.4 is 20.3 Å². The van der Waals surface area contributed by atoms with Crippen LogP contribution in [0, 0.1) is 0 Å². The molecule has 0 saturated carbocycles. The Kier molecular flexibility index (Phi) is 6.71. The van der Waals surface area contributed by atoms with Crippen LogP contribution in [0.1, 0.15) is 6.42 Å². The van der Waals surface area contributed by atoms with Gasteiger partial charge < -0.3 is 20.3 Å². The first-order valence-corrected chi connectivity index (χ1v) is 9.54. The topological polar surface area (TPSA) is 61.8 Å². The number of anilines is 1. The van der Waals surface area contributed by atoms with Gasteiger partial charge in [0.2, 0.25) is 0 Å². The molecule has 1 unspecified atom stereocenters. The van der Waals surface area contributed by atoms with Crippen molar-refractivity contribution < 1.29 is 4.74 Å². The maximum absolute atomic E-state index is 5.64. The molecule has 6 nitrogen and oxygen atoms in total. The predicted octanol–water partition coefficient (Wildman–Crippen LogP) is 2.67. The molecule has 0 aliphatic carbocycles. The quantitative estimate of drug-likeness (QED) is 0.429. The van der Waals surface area contributed by atoms with Crippen LogP contribution >= 0.6 is 15.9 Å². The number of hydrogen-bond donors (Lipinski definition) is 2. The van der Waals surface area contributed by atoms with Gasteiger partial charge >= 0.3 is 0 Å². The Balaban J connectivity index is 1.40. The van der Waals surface area contributed by atoms with Crippen LogP contribution in [0.5, 0.6) is 5.75 Å². The van der Waals surface area contributed by atoms with Crippen LogP contribution in [-0.4, -0.2) is 50.3 Å².